The Morgan fingerprint density at radius 3 is 2.59 bits per heavy atom. The minimum absolute atomic E-state index is 0.0185. The van der Waals surface area contributed by atoms with Crippen LogP contribution in [-0.4, -0.2) is 20.6 Å². The summed E-state index contributed by atoms with van der Waals surface area (Å²) in [6.45, 7) is 4.36. The number of carbonyl (C=O) groups is 1. The quantitative estimate of drug-likeness (QED) is 0.477. The highest BCUT2D eigenvalue weighted by Crippen LogP contribution is 2.11. The lowest BCUT2D eigenvalue weighted by Crippen LogP contribution is -2.45. The molecule has 0 fully saturated rings. The molecule has 138 valence electrons. The van der Waals surface area contributed by atoms with Gasteiger partial charge in [-0.25, -0.2) is 4.98 Å². The Kier molecular flexibility index (Phi) is 5.46. The van der Waals surface area contributed by atoms with Crippen LogP contribution in [0.2, 0.25) is 0 Å². The molecule has 3 aromatic rings. The van der Waals surface area contributed by atoms with E-state index >= 15 is 0 Å². The maximum Gasteiger partial charge on any atom is 0.275 e. The van der Waals surface area contributed by atoms with Crippen LogP contribution in [0.3, 0.4) is 0 Å². The number of thiocarbonyl (C=S) groups is 1. The minimum atomic E-state index is -0.568. The van der Waals surface area contributed by atoms with Crippen LogP contribution in [0.15, 0.2) is 53.5 Å². The third kappa shape index (κ3) is 4.12. The van der Waals surface area contributed by atoms with Crippen molar-refractivity contribution in [2.24, 2.45) is 0 Å². The molecular weight excluding hydrogens is 362 g/mol. The molecule has 0 spiro atoms. The minimum Gasteiger partial charge on any atom is -0.332 e. The van der Waals surface area contributed by atoms with Crippen molar-refractivity contribution in [1.82, 2.24) is 20.4 Å². The van der Waals surface area contributed by atoms with Gasteiger partial charge in [-0.15, -0.1) is 0 Å². The molecule has 7 nitrogen and oxygen atoms in total. The first-order valence-corrected chi connectivity index (χ1v) is 8.83. The summed E-state index contributed by atoms with van der Waals surface area (Å²) in [5.41, 5.74) is 6.87. The van der Waals surface area contributed by atoms with Gasteiger partial charge in [0.2, 0.25) is 5.43 Å². The Labute approximate surface area is 161 Å². The zero-order chi connectivity index (χ0) is 19.4. The number of amides is 1. The van der Waals surface area contributed by atoms with E-state index in [2.05, 4.69) is 21.2 Å². The van der Waals surface area contributed by atoms with Crippen LogP contribution in [-0.2, 0) is 6.54 Å². The molecule has 2 aromatic heterocycles. The molecule has 0 saturated carbocycles. The molecule has 0 atom stereocenters. The summed E-state index contributed by atoms with van der Waals surface area (Å²) < 4.78 is 1.78. The number of hydrogen-bond donors (Lipinski definition) is 3. The van der Waals surface area contributed by atoms with E-state index in [0.29, 0.717) is 17.6 Å². The fourth-order valence-corrected chi connectivity index (χ4v) is 2.80. The van der Waals surface area contributed by atoms with Crippen LogP contribution < -0.4 is 21.6 Å². The normalized spacial score (nSPS) is 10.4. The summed E-state index contributed by atoms with van der Waals surface area (Å²) in [5.74, 6) is -0.568. The molecule has 3 rings (SSSR count). The standard InChI is InChI=1S/C19H19N5O2S/c1-3-24-11-15(16(25)14-10-9-12(2)20-17(14)24)18(26)22-23-19(27)21-13-7-5-4-6-8-13/h4-11H,3H2,1-2H3,(H,22,26)(H2,21,23,27). The third-order valence-corrected chi connectivity index (χ3v) is 4.17. The fourth-order valence-electron chi connectivity index (χ4n) is 2.63. The van der Waals surface area contributed by atoms with Crippen molar-refractivity contribution in [3.8, 4) is 0 Å². The van der Waals surface area contributed by atoms with Gasteiger partial charge in [-0.05, 0) is 50.3 Å². The molecule has 0 bridgehead atoms. The molecule has 3 N–H and O–H groups in total. The number of anilines is 1. The first kappa shape index (κ1) is 18.5. The number of hydrazine groups is 1. The number of hydrogen-bond acceptors (Lipinski definition) is 4. The van der Waals surface area contributed by atoms with Gasteiger partial charge < -0.3 is 9.88 Å². The Hall–Kier alpha value is -3.26. The van der Waals surface area contributed by atoms with Gasteiger partial charge in [-0.2, -0.15) is 0 Å². The van der Waals surface area contributed by atoms with Crippen LogP contribution >= 0.6 is 12.2 Å². The van der Waals surface area contributed by atoms with Crippen molar-refractivity contribution in [2.75, 3.05) is 5.32 Å². The second-order valence-corrected chi connectivity index (χ2v) is 6.29. The Morgan fingerprint density at radius 1 is 1.15 bits per heavy atom. The second kappa shape index (κ2) is 7.96. The van der Waals surface area contributed by atoms with E-state index in [-0.39, 0.29) is 16.1 Å². The first-order valence-electron chi connectivity index (χ1n) is 8.42. The molecule has 2 heterocycles. The van der Waals surface area contributed by atoms with Crippen LogP contribution in [0.4, 0.5) is 5.69 Å². The SMILES string of the molecule is CCn1cc(C(=O)NNC(=S)Nc2ccccc2)c(=O)c2ccc(C)nc21. The number of carbonyl (C=O) groups excluding carboxylic acids is 1. The second-order valence-electron chi connectivity index (χ2n) is 5.88. The van der Waals surface area contributed by atoms with Gasteiger partial charge in [0.1, 0.15) is 11.2 Å². The number of pyridine rings is 2. The fraction of sp³-hybridized carbons (Fsp3) is 0.158. The molecule has 1 aromatic carbocycles. The molecule has 0 saturated heterocycles. The van der Waals surface area contributed by atoms with Gasteiger partial charge in [0, 0.05) is 24.1 Å². The molecular formula is C19H19N5O2S. The summed E-state index contributed by atoms with van der Waals surface area (Å²) >= 11 is 5.15. The number of aryl methyl sites for hydroxylation is 2. The average Bonchev–Trinajstić information content (AvgIpc) is 2.67. The van der Waals surface area contributed by atoms with Crippen LogP contribution in [0, 0.1) is 6.92 Å². The first-order chi connectivity index (χ1) is 13.0. The van der Waals surface area contributed by atoms with Crippen LogP contribution in [0.5, 0.6) is 0 Å². The van der Waals surface area contributed by atoms with Gasteiger partial charge in [0.05, 0.1) is 5.39 Å². The van der Waals surface area contributed by atoms with E-state index in [1.807, 2.05) is 44.2 Å². The van der Waals surface area contributed by atoms with Gasteiger partial charge in [-0.3, -0.25) is 20.4 Å². The van der Waals surface area contributed by atoms with Gasteiger partial charge in [0.15, 0.2) is 5.11 Å². The highest BCUT2D eigenvalue weighted by atomic mass is 32.1. The summed E-state index contributed by atoms with van der Waals surface area (Å²) in [5, 5.41) is 3.55. The Balaban J connectivity index is 1.79. The number of para-hydroxylation sites is 1. The van der Waals surface area contributed by atoms with Crippen LogP contribution in [0.1, 0.15) is 23.0 Å². The van der Waals surface area contributed by atoms with Crippen molar-refractivity contribution < 1.29 is 4.79 Å². The maximum absolute atomic E-state index is 12.7. The van der Waals surface area contributed by atoms with E-state index in [1.54, 1.807) is 16.7 Å². The topological polar surface area (TPSA) is 88.0 Å². The number of rotatable bonds is 3. The van der Waals surface area contributed by atoms with Crippen molar-refractivity contribution in [1.29, 1.82) is 0 Å². The average molecular weight is 381 g/mol. The van der Waals surface area contributed by atoms with Crippen molar-refractivity contribution in [3.63, 3.8) is 0 Å². The molecule has 8 heteroatoms. The molecule has 1 amide bonds. The van der Waals surface area contributed by atoms with E-state index in [4.69, 9.17) is 12.2 Å². The van der Waals surface area contributed by atoms with Gasteiger partial charge >= 0.3 is 0 Å². The number of nitrogens with zero attached hydrogens (tertiary/aromatic N) is 2. The van der Waals surface area contributed by atoms with Crippen molar-refractivity contribution in [3.05, 3.63) is 70.1 Å². The lowest BCUT2D eigenvalue weighted by molar-refractivity contribution is 0.0942. The molecule has 0 aliphatic carbocycles. The number of fused-ring (bicyclic) bond motifs is 1. The van der Waals surface area contributed by atoms with E-state index in [0.717, 1.165) is 11.4 Å². The number of benzene rings is 1. The Bertz CT molecular complexity index is 1060. The summed E-state index contributed by atoms with van der Waals surface area (Å²) in [7, 11) is 0. The Morgan fingerprint density at radius 2 is 1.89 bits per heavy atom. The predicted molar refractivity (Wildman–Crippen MR) is 110 cm³/mol. The van der Waals surface area contributed by atoms with E-state index in [9.17, 15) is 9.59 Å². The summed E-state index contributed by atoms with van der Waals surface area (Å²) in [4.78, 5) is 29.6. The van der Waals surface area contributed by atoms with Crippen LogP contribution in [0.25, 0.3) is 11.0 Å². The van der Waals surface area contributed by atoms with Crippen molar-refractivity contribution in [2.45, 2.75) is 20.4 Å². The highest BCUT2D eigenvalue weighted by molar-refractivity contribution is 7.80. The molecule has 0 unspecified atom stereocenters. The van der Waals surface area contributed by atoms with E-state index in [1.165, 1.54) is 6.20 Å². The lowest BCUT2D eigenvalue weighted by atomic mass is 10.1. The lowest BCUT2D eigenvalue weighted by Gasteiger charge is -2.13. The smallest absolute Gasteiger partial charge is 0.275 e. The zero-order valence-corrected chi connectivity index (χ0v) is 15.8. The molecule has 0 radical (unpaired) electrons. The monoisotopic (exact) mass is 381 g/mol. The van der Waals surface area contributed by atoms with E-state index < -0.39 is 5.91 Å². The maximum atomic E-state index is 12.7. The zero-order valence-electron chi connectivity index (χ0n) is 14.9. The highest BCUT2D eigenvalue weighted by Gasteiger charge is 2.16. The van der Waals surface area contributed by atoms with Gasteiger partial charge in [0.25, 0.3) is 5.91 Å². The molecule has 0 aliphatic heterocycles. The molecule has 0 aliphatic rings. The third-order valence-electron chi connectivity index (χ3n) is 3.97. The largest absolute Gasteiger partial charge is 0.332 e. The summed E-state index contributed by atoms with van der Waals surface area (Å²) in [6, 6.07) is 12.7. The molecule has 27 heavy (non-hydrogen) atoms. The summed E-state index contributed by atoms with van der Waals surface area (Å²) in [6.07, 6.45) is 1.52. The number of nitrogens with one attached hydrogen (secondary N) is 3. The van der Waals surface area contributed by atoms with Crippen molar-refractivity contribution >= 4 is 40.0 Å². The van der Waals surface area contributed by atoms with Gasteiger partial charge in [-0.1, -0.05) is 18.2 Å². The number of aromatic nitrogens is 2. The predicted octanol–water partition coefficient (Wildman–Crippen LogP) is 2.36.